The first-order valence-corrected chi connectivity index (χ1v) is 5.87. The molecule has 0 spiro atoms. The Morgan fingerprint density at radius 3 is 2.38 bits per heavy atom. The quantitative estimate of drug-likeness (QED) is 0.845. The van der Waals surface area contributed by atoms with Crippen LogP contribution < -0.4 is 5.73 Å². The topological polar surface area (TPSA) is 46.3 Å². The number of rotatable bonds is 3. The molecule has 1 rings (SSSR count). The zero-order valence-electron chi connectivity index (χ0n) is 9.31. The zero-order valence-corrected chi connectivity index (χ0v) is 12.3. The highest BCUT2D eigenvalue weighted by Gasteiger charge is 2.15. The summed E-state index contributed by atoms with van der Waals surface area (Å²) in [5, 5.41) is 0. The SMILES string of the molecule is CC(CN)N(C)C(=O)c1ccc(I)cc1.Cl. The zero-order chi connectivity index (χ0) is 11.4. The smallest absolute Gasteiger partial charge is 0.253 e. The van der Waals surface area contributed by atoms with Crippen LogP contribution in [-0.2, 0) is 0 Å². The molecule has 1 amide bonds. The van der Waals surface area contributed by atoms with Crippen LogP contribution in [0.4, 0.5) is 0 Å². The lowest BCUT2D eigenvalue weighted by Crippen LogP contribution is -2.39. The largest absolute Gasteiger partial charge is 0.338 e. The van der Waals surface area contributed by atoms with Crippen molar-refractivity contribution in [3.05, 3.63) is 33.4 Å². The van der Waals surface area contributed by atoms with Gasteiger partial charge in [-0.25, -0.2) is 0 Å². The second-order valence-electron chi connectivity index (χ2n) is 3.51. The molecule has 90 valence electrons. The lowest BCUT2D eigenvalue weighted by Gasteiger charge is -2.23. The highest BCUT2D eigenvalue weighted by atomic mass is 127. The van der Waals surface area contributed by atoms with Gasteiger partial charge >= 0.3 is 0 Å². The predicted octanol–water partition coefficient (Wildman–Crippen LogP) is 2.13. The van der Waals surface area contributed by atoms with E-state index in [4.69, 9.17) is 5.73 Å². The van der Waals surface area contributed by atoms with Crippen LogP contribution in [0.1, 0.15) is 17.3 Å². The summed E-state index contributed by atoms with van der Waals surface area (Å²) in [5.74, 6) is 0.0179. The highest BCUT2D eigenvalue weighted by molar-refractivity contribution is 14.1. The highest BCUT2D eigenvalue weighted by Crippen LogP contribution is 2.09. The molecular weight excluding hydrogens is 338 g/mol. The molecule has 1 unspecified atom stereocenters. The fourth-order valence-electron chi connectivity index (χ4n) is 1.15. The molecule has 2 N–H and O–H groups in total. The lowest BCUT2D eigenvalue weighted by molar-refractivity contribution is 0.0748. The van der Waals surface area contributed by atoms with Gasteiger partial charge in [-0.3, -0.25) is 4.79 Å². The van der Waals surface area contributed by atoms with Crippen LogP contribution in [0.2, 0.25) is 0 Å². The molecule has 0 aliphatic heterocycles. The molecule has 0 fully saturated rings. The second kappa shape index (κ2) is 7.09. The molecule has 0 saturated carbocycles. The predicted molar refractivity (Wildman–Crippen MR) is 77.0 cm³/mol. The van der Waals surface area contributed by atoms with Crippen molar-refractivity contribution in [1.82, 2.24) is 4.90 Å². The van der Waals surface area contributed by atoms with Gasteiger partial charge in [0.15, 0.2) is 0 Å². The molecule has 16 heavy (non-hydrogen) atoms. The molecule has 1 aromatic carbocycles. The third-order valence-electron chi connectivity index (χ3n) is 2.41. The van der Waals surface area contributed by atoms with Gasteiger partial charge in [0.2, 0.25) is 0 Å². The molecule has 0 aliphatic carbocycles. The Balaban J connectivity index is 0.00000225. The Kier molecular flexibility index (Phi) is 6.94. The standard InChI is InChI=1S/C11H15IN2O.ClH/c1-8(7-13)14(2)11(15)9-3-5-10(12)6-4-9;/h3-6,8H,7,13H2,1-2H3;1H. The minimum Gasteiger partial charge on any atom is -0.338 e. The average Bonchev–Trinajstić information content (AvgIpc) is 2.27. The first-order valence-electron chi connectivity index (χ1n) is 4.79. The molecule has 3 nitrogen and oxygen atoms in total. The van der Waals surface area contributed by atoms with Gasteiger partial charge in [-0.05, 0) is 53.8 Å². The fraction of sp³-hybridized carbons (Fsp3) is 0.364. The molecular formula is C11H16ClIN2O. The number of carbonyl (C=O) groups is 1. The van der Waals surface area contributed by atoms with E-state index < -0.39 is 0 Å². The number of likely N-dealkylation sites (N-methyl/N-ethyl adjacent to an activating group) is 1. The number of carbonyl (C=O) groups excluding carboxylic acids is 1. The van der Waals surface area contributed by atoms with Crippen molar-refractivity contribution in [3.8, 4) is 0 Å². The van der Waals surface area contributed by atoms with Gasteiger partial charge in [0.1, 0.15) is 0 Å². The summed E-state index contributed by atoms with van der Waals surface area (Å²) in [6.45, 7) is 2.41. The summed E-state index contributed by atoms with van der Waals surface area (Å²) >= 11 is 2.21. The van der Waals surface area contributed by atoms with Crippen LogP contribution >= 0.6 is 35.0 Å². The van der Waals surface area contributed by atoms with Gasteiger partial charge in [-0.1, -0.05) is 0 Å². The Bertz CT molecular complexity index is 342. The first kappa shape index (κ1) is 15.7. The summed E-state index contributed by atoms with van der Waals surface area (Å²) < 4.78 is 1.12. The number of benzene rings is 1. The first-order chi connectivity index (χ1) is 7.06. The fourth-order valence-corrected chi connectivity index (χ4v) is 1.51. The summed E-state index contributed by atoms with van der Waals surface area (Å²) in [7, 11) is 1.78. The summed E-state index contributed by atoms with van der Waals surface area (Å²) in [4.78, 5) is 13.6. The number of amides is 1. The Labute approximate surface area is 116 Å². The molecule has 0 heterocycles. The van der Waals surface area contributed by atoms with Crippen molar-refractivity contribution >= 4 is 40.9 Å². The van der Waals surface area contributed by atoms with Crippen LogP contribution in [0.5, 0.6) is 0 Å². The minimum absolute atomic E-state index is 0. The molecule has 1 aromatic rings. The minimum atomic E-state index is 0. The van der Waals surface area contributed by atoms with Crippen molar-refractivity contribution < 1.29 is 4.79 Å². The Hall–Kier alpha value is -0.330. The van der Waals surface area contributed by atoms with Crippen LogP contribution in [0.3, 0.4) is 0 Å². The van der Waals surface area contributed by atoms with Crippen LogP contribution in [-0.4, -0.2) is 30.4 Å². The monoisotopic (exact) mass is 354 g/mol. The maximum absolute atomic E-state index is 11.9. The maximum atomic E-state index is 11.9. The van der Waals surface area contributed by atoms with Gasteiger partial charge in [0, 0.05) is 28.8 Å². The number of hydrogen-bond acceptors (Lipinski definition) is 2. The van der Waals surface area contributed by atoms with E-state index in [-0.39, 0.29) is 24.4 Å². The average molecular weight is 355 g/mol. The van der Waals surface area contributed by atoms with Gasteiger partial charge < -0.3 is 10.6 Å². The third kappa shape index (κ3) is 3.92. The Morgan fingerprint density at radius 1 is 1.44 bits per heavy atom. The molecule has 0 radical (unpaired) electrons. The van der Waals surface area contributed by atoms with E-state index >= 15 is 0 Å². The van der Waals surface area contributed by atoms with E-state index in [9.17, 15) is 4.79 Å². The van der Waals surface area contributed by atoms with Gasteiger partial charge in [-0.2, -0.15) is 0 Å². The van der Waals surface area contributed by atoms with E-state index in [1.54, 1.807) is 11.9 Å². The van der Waals surface area contributed by atoms with Gasteiger partial charge in [-0.15, -0.1) is 12.4 Å². The van der Waals surface area contributed by atoms with Crippen LogP contribution in [0.25, 0.3) is 0 Å². The third-order valence-corrected chi connectivity index (χ3v) is 3.13. The van der Waals surface area contributed by atoms with Crippen molar-refractivity contribution in [2.24, 2.45) is 5.73 Å². The molecule has 1 atom stereocenters. The van der Waals surface area contributed by atoms with E-state index in [0.717, 1.165) is 3.57 Å². The van der Waals surface area contributed by atoms with E-state index in [1.165, 1.54) is 0 Å². The van der Waals surface area contributed by atoms with Crippen molar-refractivity contribution in [2.75, 3.05) is 13.6 Å². The van der Waals surface area contributed by atoms with Gasteiger partial charge in [0.05, 0.1) is 0 Å². The number of nitrogens with zero attached hydrogens (tertiary/aromatic N) is 1. The van der Waals surface area contributed by atoms with E-state index in [0.29, 0.717) is 12.1 Å². The van der Waals surface area contributed by atoms with Crippen molar-refractivity contribution in [3.63, 3.8) is 0 Å². The van der Waals surface area contributed by atoms with Crippen LogP contribution in [0, 0.1) is 3.57 Å². The van der Waals surface area contributed by atoms with E-state index in [1.807, 2.05) is 31.2 Å². The van der Waals surface area contributed by atoms with Crippen molar-refractivity contribution in [2.45, 2.75) is 13.0 Å². The normalized spacial score (nSPS) is 11.5. The summed E-state index contributed by atoms with van der Waals surface area (Å²) in [5.41, 5.74) is 6.22. The maximum Gasteiger partial charge on any atom is 0.253 e. The number of halogens is 2. The molecule has 0 aliphatic rings. The van der Waals surface area contributed by atoms with Gasteiger partial charge in [0.25, 0.3) is 5.91 Å². The summed E-state index contributed by atoms with van der Waals surface area (Å²) in [6.07, 6.45) is 0. The lowest BCUT2D eigenvalue weighted by atomic mass is 10.2. The second-order valence-corrected chi connectivity index (χ2v) is 4.75. The molecule has 0 bridgehead atoms. The Morgan fingerprint density at radius 2 is 1.94 bits per heavy atom. The summed E-state index contributed by atoms with van der Waals surface area (Å²) in [6, 6.07) is 7.59. The number of nitrogens with two attached hydrogens (primary N) is 1. The molecule has 0 saturated heterocycles. The van der Waals surface area contributed by atoms with Crippen molar-refractivity contribution in [1.29, 1.82) is 0 Å². The molecule has 5 heteroatoms. The van der Waals surface area contributed by atoms with E-state index in [2.05, 4.69) is 22.6 Å². The molecule has 0 aromatic heterocycles. The van der Waals surface area contributed by atoms with Crippen LogP contribution in [0.15, 0.2) is 24.3 Å². The number of hydrogen-bond donors (Lipinski definition) is 1.